The van der Waals surface area contributed by atoms with Crippen LogP contribution in [-0.4, -0.2) is 9.13 Å². The van der Waals surface area contributed by atoms with E-state index in [1.807, 2.05) is 53.1 Å². The first-order chi connectivity index (χ1) is 23.3. The number of alkyl halides is 3. The Kier molecular flexibility index (Phi) is 6.34. The summed E-state index contributed by atoms with van der Waals surface area (Å²) in [6.07, 6.45) is -4.75. The van der Waals surface area contributed by atoms with Crippen LogP contribution in [0.1, 0.15) is 22.3 Å². The molecule has 0 saturated heterocycles. The summed E-state index contributed by atoms with van der Waals surface area (Å²) in [5.74, 6) is 0. The first-order valence-electron chi connectivity index (χ1n) is 14.9. The molecule has 0 amide bonds. The number of para-hydroxylation sites is 2. The number of fused-ring (bicyclic) bond motifs is 6. The Morgan fingerprint density at radius 1 is 0.458 bits per heavy atom. The number of rotatable bonds is 3. The zero-order chi connectivity index (χ0) is 33.2. The number of benzene rings is 6. The van der Waals surface area contributed by atoms with Crippen LogP contribution in [0.3, 0.4) is 0 Å². The highest BCUT2D eigenvalue weighted by Crippen LogP contribution is 2.46. The molecule has 8 heteroatoms. The summed E-state index contributed by atoms with van der Waals surface area (Å²) in [7, 11) is 0. The van der Waals surface area contributed by atoms with Crippen molar-refractivity contribution in [2.24, 2.45) is 0 Å². The number of hydrogen-bond donors (Lipinski definition) is 0. The van der Waals surface area contributed by atoms with Gasteiger partial charge in [-0.1, -0.05) is 42.5 Å². The second kappa shape index (κ2) is 10.6. The molecule has 0 saturated carbocycles. The van der Waals surface area contributed by atoms with Gasteiger partial charge in [-0.15, -0.1) is 0 Å². The van der Waals surface area contributed by atoms with Crippen molar-refractivity contribution in [1.82, 2.24) is 9.13 Å². The van der Waals surface area contributed by atoms with Crippen LogP contribution in [0.15, 0.2) is 121 Å². The molecule has 5 nitrogen and oxygen atoms in total. The minimum absolute atomic E-state index is 0.0938. The zero-order valence-corrected chi connectivity index (χ0v) is 24.9. The number of halogens is 3. The van der Waals surface area contributed by atoms with E-state index < -0.39 is 11.7 Å². The van der Waals surface area contributed by atoms with Crippen molar-refractivity contribution < 1.29 is 13.2 Å². The van der Waals surface area contributed by atoms with Gasteiger partial charge in [0.25, 0.3) is 0 Å². The molecule has 2 aromatic heterocycles. The standard InChI is InChI=1S/C40H20F3N5/c41-40(42,43)32-8-5-11-38(48-34-10-4-2-7-28(34)30-19-25(22-45)13-16-36(30)48)39(32)31-20-26(23-46)14-17-37(31)47-33-9-3-1-6-27(33)29-18-24(21-44)12-15-35(29)47/h1-20H. The van der Waals surface area contributed by atoms with Gasteiger partial charge in [-0.3, -0.25) is 0 Å². The van der Waals surface area contributed by atoms with Gasteiger partial charge in [0, 0.05) is 32.7 Å². The number of aromatic nitrogens is 2. The Morgan fingerprint density at radius 3 is 1.48 bits per heavy atom. The van der Waals surface area contributed by atoms with Gasteiger partial charge >= 0.3 is 6.18 Å². The Labute approximate surface area is 271 Å². The third-order valence-corrected chi connectivity index (χ3v) is 8.83. The van der Waals surface area contributed by atoms with E-state index in [1.165, 1.54) is 12.1 Å². The van der Waals surface area contributed by atoms with Gasteiger partial charge in [0.15, 0.2) is 0 Å². The van der Waals surface area contributed by atoms with Crippen LogP contribution in [0.2, 0.25) is 0 Å². The van der Waals surface area contributed by atoms with Crippen molar-refractivity contribution in [2.75, 3.05) is 0 Å². The molecule has 8 rings (SSSR count). The molecular formula is C40H20F3N5. The number of hydrogen-bond acceptors (Lipinski definition) is 3. The maximum atomic E-state index is 15.2. The molecule has 0 spiro atoms. The lowest BCUT2D eigenvalue weighted by Crippen LogP contribution is -2.11. The SMILES string of the molecule is N#Cc1ccc(-n2c3ccccc3c3cc(C#N)ccc32)c(-c2c(-n3c4ccccc4c4cc(C#N)ccc43)cccc2C(F)(F)F)c1. The van der Waals surface area contributed by atoms with Crippen molar-refractivity contribution in [2.45, 2.75) is 6.18 Å². The molecule has 0 aliphatic carbocycles. The fraction of sp³-hybridized carbons (Fsp3) is 0.0250. The summed E-state index contributed by atoms with van der Waals surface area (Å²) in [5, 5.41) is 32.4. The van der Waals surface area contributed by atoms with Gasteiger partial charge in [-0.05, 0) is 78.9 Å². The maximum Gasteiger partial charge on any atom is 0.417 e. The summed E-state index contributed by atoms with van der Waals surface area (Å²) in [6, 6.07) is 40.7. The molecule has 0 aliphatic heterocycles. The quantitative estimate of drug-likeness (QED) is 0.195. The fourth-order valence-corrected chi connectivity index (χ4v) is 6.85. The van der Waals surface area contributed by atoms with E-state index in [0.29, 0.717) is 33.4 Å². The molecule has 0 N–H and O–H groups in total. The molecule has 0 atom stereocenters. The molecule has 0 aliphatic rings. The average Bonchev–Trinajstić information content (AvgIpc) is 3.62. The Morgan fingerprint density at radius 2 is 0.938 bits per heavy atom. The van der Waals surface area contributed by atoms with Crippen LogP contribution < -0.4 is 0 Å². The number of nitrogens with zero attached hydrogens (tertiary/aromatic N) is 5. The highest BCUT2D eigenvalue weighted by atomic mass is 19.4. The largest absolute Gasteiger partial charge is 0.417 e. The highest BCUT2D eigenvalue weighted by Gasteiger charge is 2.36. The maximum absolute atomic E-state index is 15.2. The lowest BCUT2D eigenvalue weighted by Gasteiger charge is -2.22. The van der Waals surface area contributed by atoms with Crippen LogP contribution in [-0.2, 0) is 6.18 Å². The molecule has 0 bridgehead atoms. The van der Waals surface area contributed by atoms with Gasteiger partial charge < -0.3 is 9.13 Å². The number of nitriles is 3. The predicted octanol–water partition coefficient (Wildman–Crippen LogP) is 10.2. The lowest BCUT2D eigenvalue weighted by molar-refractivity contribution is -0.137. The zero-order valence-electron chi connectivity index (χ0n) is 24.9. The first kappa shape index (κ1) is 28.6. The molecule has 6 aromatic carbocycles. The first-order valence-corrected chi connectivity index (χ1v) is 14.9. The van der Waals surface area contributed by atoms with Crippen molar-refractivity contribution in [3.63, 3.8) is 0 Å². The van der Waals surface area contributed by atoms with Gasteiger partial charge in [0.1, 0.15) is 0 Å². The summed E-state index contributed by atoms with van der Waals surface area (Å²) in [6.45, 7) is 0. The van der Waals surface area contributed by atoms with Gasteiger partial charge in [-0.2, -0.15) is 29.0 Å². The Hall–Kier alpha value is -6.82. The summed E-state index contributed by atoms with van der Waals surface area (Å²) in [5.41, 5.74) is 3.80. The Bertz CT molecular complexity index is 2760. The van der Waals surface area contributed by atoms with Crippen LogP contribution in [0.4, 0.5) is 13.2 Å². The van der Waals surface area contributed by atoms with Crippen LogP contribution in [0.25, 0.3) is 66.1 Å². The van der Waals surface area contributed by atoms with E-state index in [-0.39, 0.29) is 22.4 Å². The summed E-state index contributed by atoms with van der Waals surface area (Å²) >= 11 is 0. The molecule has 226 valence electrons. The molecule has 0 fully saturated rings. The van der Waals surface area contributed by atoms with Crippen molar-refractivity contribution in [1.29, 1.82) is 15.8 Å². The molecule has 0 unspecified atom stereocenters. The molecular weight excluding hydrogens is 607 g/mol. The van der Waals surface area contributed by atoms with E-state index in [9.17, 15) is 15.8 Å². The molecule has 48 heavy (non-hydrogen) atoms. The smallest absolute Gasteiger partial charge is 0.309 e. The highest BCUT2D eigenvalue weighted by molar-refractivity contribution is 6.12. The average molecular weight is 628 g/mol. The van der Waals surface area contributed by atoms with E-state index in [1.54, 1.807) is 59.2 Å². The lowest BCUT2D eigenvalue weighted by atomic mass is 9.93. The van der Waals surface area contributed by atoms with Crippen LogP contribution in [0.5, 0.6) is 0 Å². The fourth-order valence-electron chi connectivity index (χ4n) is 6.85. The van der Waals surface area contributed by atoms with Crippen LogP contribution >= 0.6 is 0 Å². The van der Waals surface area contributed by atoms with E-state index in [4.69, 9.17) is 0 Å². The normalized spacial score (nSPS) is 11.6. The minimum atomic E-state index is -4.75. The second-order valence-electron chi connectivity index (χ2n) is 11.4. The third-order valence-electron chi connectivity index (χ3n) is 8.83. The molecule has 8 aromatic rings. The summed E-state index contributed by atoms with van der Waals surface area (Å²) in [4.78, 5) is 0. The van der Waals surface area contributed by atoms with Gasteiger partial charge in [0.05, 0.1) is 73.9 Å². The minimum Gasteiger partial charge on any atom is -0.309 e. The second-order valence-corrected chi connectivity index (χ2v) is 11.4. The Balaban J connectivity index is 1.55. The van der Waals surface area contributed by atoms with Gasteiger partial charge in [0.2, 0.25) is 0 Å². The van der Waals surface area contributed by atoms with Crippen LogP contribution in [0, 0.1) is 34.0 Å². The summed E-state index contributed by atoms with van der Waals surface area (Å²) < 4.78 is 49.2. The van der Waals surface area contributed by atoms with E-state index in [2.05, 4.69) is 18.2 Å². The van der Waals surface area contributed by atoms with E-state index >= 15 is 13.2 Å². The van der Waals surface area contributed by atoms with Crippen molar-refractivity contribution in [3.05, 3.63) is 144 Å². The van der Waals surface area contributed by atoms with Crippen molar-refractivity contribution >= 4 is 43.6 Å². The molecule has 0 radical (unpaired) electrons. The third kappa shape index (κ3) is 4.23. The van der Waals surface area contributed by atoms with Gasteiger partial charge in [-0.25, -0.2) is 0 Å². The predicted molar refractivity (Wildman–Crippen MR) is 180 cm³/mol. The monoisotopic (exact) mass is 627 g/mol. The van der Waals surface area contributed by atoms with E-state index in [0.717, 1.165) is 33.1 Å². The van der Waals surface area contributed by atoms with Crippen molar-refractivity contribution in [3.8, 4) is 40.7 Å². The molecule has 2 heterocycles. The topological polar surface area (TPSA) is 81.2 Å².